The molecule has 0 unspecified atom stereocenters. The molecule has 6 rings (SSSR count). The van der Waals surface area contributed by atoms with Crippen LogP contribution in [0.5, 0.6) is 11.5 Å². The SMILES string of the molecule is O=C(O)c1ccc(N2CCN(CC3=C(c4ccc(Cl)cc4)CCCCC3)CC2)cc1Oc1cccc2[nH]ccc12. The lowest BCUT2D eigenvalue weighted by atomic mass is 9.95. The first-order valence-corrected chi connectivity index (χ1v) is 14.5. The number of ether oxygens (including phenoxy) is 1. The van der Waals surface area contributed by atoms with Gasteiger partial charge in [-0.25, -0.2) is 4.79 Å². The van der Waals surface area contributed by atoms with Gasteiger partial charge in [0.1, 0.15) is 17.1 Å². The number of hydrogen-bond donors (Lipinski definition) is 2. The summed E-state index contributed by atoms with van der Waals surface area (Å²) in [6.45, 7) is 4.66. The van der Waals surface area contributed by atoms with Crippen molar-refractivity contribution in [2.24, 2.45) is 0 Å². The van der Waals surface area contributed by atoms with E-state index in [9.17, 15) is 9.90 Å². The number of hydrogen-bond acceptors (Lipinski definition) is 4. The monoisotopic (exact) mass is 555 g/mol. The zero-order valence-electron chi connectivity index (χ0n) is 22.5. The third-order valence-corrected chi connectivity index (χ3v) is 8.40. The van der Waals surface area contributed by atoms with Gasteiger partial charge in [0, 0.05) is 66.6 Å². The fraction of sp³-hybridized carbons (Fsp3) is 0.303. The van der Waals surface area contributed by atoms with Gasteiger partial charge in [-0.05, 0) is 79.3 Å². The number of aromatic nitrogens is 1. The molecule has 0 spiro atoms. The van der Waals surface area contributed by atoms with Crippen molar-refractivity contribution < 1.29 is 14.6 Å². The molecular weight excluding hydrogens is 522 g/mol. The second kappa shape index (κ2) is 11.8. The highest BCUT2D eigenvalue weighted by Gasteiger charge is 2.23. The summed E-state index contributed by atoms with van der Waals surface area (Å²) < 4.78 is 6.22. The number of H-pyrrole nitrogens is 1. The van der Waals surface area contributed by atoms with Crippen molar-refractivity contribution in [3.8, 4) is 11.5 Å². The van der Waals surface area contributed by atoms with Crippen LogP contribution in [0.15, 0.2) is 78.5 Å². The highest BCUT2D eigenvalue weighted by Crippen LogP contribution is 2.35. The Bertz CT molecular complexity index is 1530. The molecule has 3 aromatic carbocycles. The molecule has 0 atom stereocenters. The topological polar surface area (TPSA) is 68.8 Å². The maximum absolute atomic E-state index is 12.0. The highest BCUT2D eigenvalue weighted by atomic mass is 35.5. The van der Waals surface area contributed by atoms with Gasteiger partial charge in [0.2, 0.25) is 0 Å². The molecule has 1 saturated heterocycles. The van der Waals surface area contributed by atoms with Gasteiger partial charge in [-0.3, -0.25) is 4.90 Å². The molecule has 0 bridgehead atoms. The number of carboxylic acids is 1. The molecule has 7 heteroatoms. The highest BCUT2D eigenvalue weighted by molar-refractivity contribution is 6.30. The summed E-state index contributed by atoms with van der Waals surface area (Å²) in [5.41, 5.74) is 6.46. The number of benzene rings is 3. The molecule has 4 aromatic rings. The predicted molar refractivity (Wildman–Crippen MR) is 162 cm³/mol. The van der Waals surface area contributed by atoms with Crippen LogP contribution in [-0.4, -0.2) is 53.7 Å². The number of nitrogens with zero attached hydrogens (tertiary/aromatic N) is 2. The Labute approximate surface area is 239 Å². The maximum Gasteiger partial charge on any atom is 0.339 e. The average molecular weight is 556 g/mol. The molecule has 0 saturated carbocycles. The van der Waals surface area contributed by atoms with Crippen molar-refractivity contribution in [3.05, 3.63) is 94.6 Å². The summed E-state index contributed by atoms with van der Waals surface area (Å²) in [5.74, 6) is -0.00508. The lowest BCUT2D eigenvalue weighted by Gasteiger charge is -2.37. The summed E-state index contributed by atoms with van der Waals surface area (Å²) in [5, 5.41) is 11.5. The van der Waals surface area contributed by atoms with Gasteiger partial charge in [-0.2, -0.15) is 0 Å². The molecule has 1 aliphatic heterocycles. The minimum atomic E-state index is -0.999. The number of allylic oxidation sites excluding steroid dienone is 1. The molecule has 6 nitrogen and oxygen atoms in total. The maximum atomic E-state index is 12.0. The first-order valence-electron chi connectivity index (χ1n) is 14.1. The van der Waals surface area contributed by atoms with E-state index in [4.69, 9.17) is 16.3 Å². The van der Waals surface area contributed by atoms with Crippen LogP contribution in [0.4, 0.5) is 5.69 Å². The smallest absolute Gasteiger partial charge is 0.339 e. The number of aromatic carboxylic acids is 1. The lowest BCUT2D eigenvalue weighted by molar-refractivity contribution is 0.0694. The molecule has 0 amide bonds. The molecular formula is C33H34ClN3O3. The number of fused-ring (bicyclic) bond motifs is 1. The number of halogens is 1. The van der Waals surface area contributed by atoms with Gasteiger partial charge in [0.15, 0.2) is 0 Å². The minimum absolute atomic E-state index is 0.157. The van der Waals surface area contributed by atoms with E-state index in [1.165, 1.54) is 30.4 Å². The first-order chi connectivity index (χ1) is 19.5. The predicted octanol–water partition coefficient (Wildman–Crippen LogP) is 7.85. The van der Waals surface area contributed by atoms with E-state index in [1.54, 1.807) is 11.6 Å². The van der Waals surface area contributed by atoms with Crippen LogP contribution in [0.25, 0.3) is 16.5 Å². The largest absolute Gasteiger partial charge is 0.478 e. The Kier molecular flexibility index (Phi) is 7.80. The Morgan fingerprint density at radius 2 is 1.70 bits per heavy atom. The number of nitrogens with one attached hydrogen (secondary N) is 1. The van der Waals surface area contributed by atoms with E-state index in [0.717, 1.165) is 67.2 Å². The van der Waals surface area contributed by atoms with Crippen molar-refractivity contribution >= 4 is 39.7 Å². The molecule has 40 heavy (non-hydrogen) atoms. The van der Waals surface area contributed by atoms with Crippen molar-refractivity contribution in [1.29, 1.82) is 0 Å². The van der Waals surface area contributed by atoms with Gasteiger partial charge in [-0.15, -0.1) is 0 Å². The van der Waals surface area contributed by atoms with E-state index in [2.05, 4.69) is 26.9 Å². The lowest BCUT2D eigenvalue weighted by Crippen LogP contribution is -2.47. The summed E-state index contributed by atoms with van der Waals surface area (Å²) >= 11 is 6.16. The fourth-order valence-electron chi connectivity index (χ4n) is 5.99. The quantitative estimate of drug-likeness (QED) is 0.243. The Morgan fingerprint density at radius 3 is 2.50 bits per heavy atom. The molecule has 2 aliphatic rings. The molecule has 1 aliphatic carbocycles. The molecule has 206 valence electrons. The first kappa shape index (κ1) is 26.5. The number of aromatic amines is 1. The third-order valence-electron chi connectivity index (χ3n) is 8.15. The minimum Gasteiger partial charge on any atom is -0.478 e. The standard InChI is InChI=1S/C33H34ClN3O3/c34-25-11-9-23(10-12-25)27-6-3-1-2-5-24(27)22-36-17-19-37(20-18-36)26-13-14-29(33(38)39)32(21-26)40-31-8-4-7-30-28(31)15-16-35-30/h4,7-16,21,35H,1-3,5-6,17-20,22H2,(H,38,39). The van der Waals surface area contributed by atoms with Crippen molar-refractivity contribution in [3.63, 3.8) is 0 Å². The van der Waals surface area contributed by atoms with Crippen LogP contribution in [0, 0.1) is 0 Å². The van der Waals surface area contributed by atoms with E-state index >= 15 is 0 Å². The van der Waals surface area contributed by atoms with E-state index in [1.807, 2.05) is 54.7 Å². The number of anilines is 1. The fourth-order valence-corrected chi connectivity index (χ4v) is 6.11. The van der Waals surface area contributed by atoms with Crippen LogP contribution in [0.2, 0.25) is 5.02 Å². The Morgan fingerprint density at radius 1 is 0.900 bits per heavy atom. The van der Waals surface area contributed by atoms with E-state index in [0.29, 0.717) is 11.5 Å². The van der Waals surface area contributed by atoms with Crippen LogP contribution in [0.1, 0.15) is 48.0 Å². The number of carbonyl (C=O) groups is 1. The molecule has 1 aromatic heterocycles. The van der Waals surface area contributed by atoms with Crippen molar-refractivity contribution in [2.45, 2.75) is 32.1 Å². The van der Waals surface area contributed by atoms with Crippen molar-refractivity contribution in [1.82, 2.24) is 9.88 Å². The molecule has 1 fully saturated rings. The second-order valence-electron chi connectivity index (χ2n) is 10.7. The normalized spacial score (nSPS) is 16.8. The van der Waals surface area contributed by atoms with Gasteiger partial charge in [0.25, 0.3) is 0 Å². The van der Waals surface area contributed by atoms with Gasteiger partial charge >= 0.3 is 5.97 Å². The summed E-state index contributed by atoms with van der Waals surface area (Å²) in [7, 11) is 0. The van der Waals surface area contributed by atoms with Crippen LogP contribution in [-0.2, 0) is 0 Å². The van der Waals surface area contributed by atoms with Crippen molar-refractivity contribution in [2.75, 3.05) is 37.6 Å². The van der Waals surface area contributed by atoms with Crippen LogP contribution in [0.3, 0.4) is 0 Å². The molecule has 0 radical (unpaired) electrons. The third kappa shape index (κ3) is 5.74. The number of carboxylic acid groups (broad SMARTS) is 1. The number of rotatable bonds is 7. The Balaban J connectivity index is 1.17. The van der Waals surface area contributed by atoms with Crippen LogP contribution < -0.4 is 9.64 Å². The average Bonchev–Trinajstić information content (AvgIpc) is 3.34. The Hall–Kier alpha value is -3.74. The zero-order chi connectivity index (χ0) is 27.5. The second-order valence-corrected chi connectivity index (χ2v) is 11.1. The van der Waals surface area contributed by atoms with Gasteiger partial charge in [-0.1, -0.05) is 41.8 Å². The summed E-state index contributed by atoms with van der Waals surface area (Å²) in [4.78, 5) is 20.1. The number of piperazine rings is 1. The van der Waals surface area contributed by atoms with Gasteiger partial charge < -0.3 is 19.7 Å². The summed E-state index contributed by atoms with van der Waals surface area (Å²) in [6, 6.07) is 21.4. The van der Waals surface area contributed by atoms with E-state index in [-0.39, 0.29) is 5.56 Å². The van der Waals surface area contributed by atoms with E-state index < -0.39 is 5.97 Å². The summed E-state index contributed by atoms with van der Waals surface area (Å²) in [6.07, 6.45) is 7.92. The van der Waals surface area contributed by atoms with Gasteiger partial charge in [0.05, 0.1) is 0 Å². The molecule has 2 heterocycles. The molecule has 2 N–H and O–H groups in total. The zero-order valence-corrected chi connectivity index (χ0v) is 23.3. The van der Waals surface area contributed by atoms with Crippen LogP contribution >= 0.6 is 11.6 Å².